The van der Waals surface area contributed by atoms with Gasteiger partial charge < -0.3 is 4.74 Å². The number of anilines is 1. The van der Waals surface area contributed by atoms with Crippen LogP contribution in [0.5, 0.6) is 5.75 Å². The molecule has 0 saturated carbocycles. The number of nitrogens with one attached hydrogen (secondary N) is 1. The summed E-state index contributed by atoms with van der Waals surface area (Å²) >= 11 is 1.24. The highest BCUT2D eigenvalue weighted by Crippen LogP contribution is 2.27. The molecule has 27 heavy (non-hydrogen) atoms. The predicted octanol–water partition coefficient (Wildman–Crippen LogP) is 4.43. The van der Waals surface area contributed by atoms with Crippen LogP contribution in [0.15, 0.2) is 53.9 Å². The third-order valence-corrected chi connectivity index (χ3v) is 4.52. The van der Waals surface area contributed by atoms with Crippen molar-refractivity contribution < 1.29 is 14.5 Å². The van der Waals surface area contributed by atoms with E-state index in [-0.39, 0.29) is 11.6 Å². The van der Waals surface area contributed by atoms with Gasteiger partial charge in [-0.2, -0.15) is 0 Å². The van der Waals surface area contributed by atoms with Crippen molar-refractivity contribution in [1.29, 1.82) is 0 Å². The summed E-state index contributed by atoms with van der Waals surface area (Å²) in [6, 6.07) is 13.7. The van der Waals surface area contributed by atoms with Crippen molar-refractivity contribution in [3.63, 3.8) is 0 Å². The van der Waals surface area contributed by atoms with Gasteiger partial charge in [0.15, 0.2) is 11.2 Å². The zero-order valence-corrected chi connectivity index (χ0v) is 15.5. The first-order valence-corrected chi connectivity index (χ1v) is 9.05. The number of hydrogen-bond donors (Lipinski definition) is 1. The highest BCUT2D eigenvalue weighted by molar-refractivity contribution is 7.14. The van der Waals surface area contributed by atoms with E-state index in [2.05, 4.69) is 10.3 Å². The second kappa shape index (κ2) is 7.96. The fraction of sp³-hybridized carbons (Fsp3) is 0.158. The standard InChI is InChI=1S/C19H17N3O4S/c1-12-5-3-8-16(9-12)26-13(2)18(23)21-19-20-17(11-27-19)14-6-4-7-15(10-14)22(24)25/h3-11,13H,1-2H3,(H,20,21,23). The van der Waals surface area contributed by atoms with Crippen LogP contribution in [0.25, 0.3) is 11.3 Å². The summed E-state index contributed by atoms with van der Waals surface area (Å²) < 4.78 is 5.65. The number of non-ortho nitro benzene ring substituents is 1. The van der Waals surface area contributed by atoms with Crippen LogP contribution in [0.4, 0.5) is 10.8 Å². The molecule has 8 heteroatoms. The third kappa shape index (κ3) is 4.68. The number of nitrogens with zero attached hydrogens (tertiary/aromatic N) is 2. The van der Waals surface area contributed by atoms with Gasteiger partial charge in [-0.05, 0) is 31.5 Å². The highest BCUT2D eigenvalue weighted by atomic mass is 32.1. The number of hydrogen-bond acceptors (Lipinski definition) is 6. The average molecular weight is 383 g/mol. The monoisotopic (exact) mass is 383 g/mol. The number of thiazole rings is 1. The van der Waals surface area contributed by atoms with Crippen LogP contribution in [0, 0.1) is 17.0 Å². The predicted molar refractivity (Wildman–Crippen MR) is 104 cm³/mol. The fourth-order valence-corrected chi connectivity index (χ4v) is 3.12. The van der Waals surface area contributed by atoms with Crippen LogP contribution in [-0.2, 0) is 4.79 Å². The van der Waals surface area contributed by atoms with E-state index in [0.717, 1.165) is 5.56 Å². The second-order valence-electron chi connectivity index (χ2n) is 5.91. The van der Waals surface area contributed by atoms with Crippen molar-refractivity contribution in [3.8, 4) is 17.0 Å². The molecule has 0 fully saturated rings. The molecule has 138 valence electrons. The summed E-state index contributed by atoms with van der Waals surface area (Å²) in [6.07, 6.45) is -0.697. The molecular formula is C19H17N3O4S. The first-order chi connectivity index (χ1) is 12.9. The van der Waals surface area contributed by atoms with Gasteiger partial charge >= 0.3 is 0 Å². The van der Waals surface area contributed by atoms with Crippen LogP contribution in [0.2, 0.25) is 0 Å². The Morgan fingerprint density at radius 1 is 1.26 bits per heavy atom. The van der Waals surface area contributed by atoms with Crippen molar-refractivity contribution >= 4 is 28.1 Å². The smallest absolute Gasteiger partial charge is 0.270 e. The van der Waals surface area contributed by atoms with Gasteiger partial charge in [-0.15, -0.1) is 11.3 Å². The van der Waals surface area contributed by atoms with E-state index in [9.17, 15) is 14.9 Å². The van der Waals surface area contributed by atoms with Crippen LogP contribution >= 0.6 is 11.3 Å². The Kier molecular flexibility index (Phi) is 5.46. The van der Waals surface area contributed by atoms with E-state index >= 15 is 0 Å². The Labute approximate surface area is 159 Å². The zero-order valence-electron chi connectivity index (χ0n) is 14.7. The molecule has 2 aromatic carbocycles. The van der Waals surface area contributed by atoms with Gasteiger partial charge in [0.2, 0.25) is 0 Å². The largest absolute Gasteiger partial charge is 0.481 e. The summed E-state index contributed by atoms with van der Waals surface area (Å²) in [6.45, 7) is 3.61. The molecule has 0 aliphatic heterocycles. The maximum atomic E-state index is 12.3. The van der Waals surface area contributed by atoms with E-state index in [1.54, 1.807) is 30.5 Å². The lowest BCUT2D eigenvalue weighted by atomic mass is 10.1. The molecule has 3 aromatic rings. The molecule has 3 rings (SSSR count). The molecule has 1 heterocycles. The van der Waals surface area contributed by atoms with Gasteiger partial charge in [0.05, 0.1) is 10.6 Å². The van der Waals surface area contributed by atoms with Crippen molar-refractivity contribution in [2.75, 3.05) is 5.32 Å². The minimum Gasteiger partial charge on any atom is -0.481 e. The number of carbonyl (C=O) groups is 1. The van der Waals surface area contributed by atoms with Gasteiger partial charge in [-0.25, -0.2) is 4.98 Å². The van der Waals surface area contributed by atoms with E-state index in [0.29, 0.717) is 22.1 Å². The number of nitro groups is 1. The SMILES string of the molecule is Cc1cccc(OC(C)C(=O)Nc2nc(-c3cccc([N+](=O)[O-])c3)cs2)c1. The Morgan fingerprint density at radius 2 is 2.04 bits per heavy atom. The Balaban J connectivity index is 1.67. The fourth-order valence-electron chi connectivity index (χ4n) is 2.40. The third-order valence-electron chi connectivity index (χ3n) is 3.76. The molecule has 1 amide bonds. The Morgan fingerprint density at radius 3 is 2.78 bits per heavy atom. The van der Waals surface area contributed by atoms with Gasteiger partial charge in [0, 0.05) is 23.1 Å². The van der Waals surface area contributed by atoms with E-state index in [1.165, 1.54) is 23.5 Å². The normalized spacial score (nSPS) is 11.6. The second-order valence-corrected chi connectivity index (χ2v) is 6.77. The summed E-state index contributed by atoms with van der Waals surface area (Å²) in [4.78, 5) is 27.1. The summed E-state index contributed by atoms with van der Waals surface area (Å²) in [7, 11) is 0. The number of rotatable bonds is 6. The van der Waals surface area contributed by atoms with E-state index in [1.807, 2.05) is 25.1 Å². The molecular weight excluding hydrogens is 366 g/mol. The number of nitro benzene ring substituents is 1. The van der Waals surface area contributed by atoms with Crippen molar-refractivity contribution in [2.45, 2.75) is 20.0 Å². The van der Waals surface area contributed by atoms with Gasteiger partial charge in [0.25, 0.3) is 11.6 Å². The lowest BCUT2D eigenvalue weighted by molar-refractivity contribution is -0.384. The number of benzene rings is 2. The van der Waals surface area contributed by atoms with Crippen molar-refractivity contribution in [1.82, 2.24) is 4.98 Å². The average Bonchev–Trinajstić information content (AvgIpc) is 3.10. The van der Waals surface area contributed by atoms with Gasteiger partial charge in [0.1, 0.15) is 5.75 Å². The summed E-state index contributed by atoms with van der Waals surface area (Å²) in [5.41, 5.74) is 2.21. The van der Waals surface area contributed by atoms with Crippen molar-refractivity contribution in [3.05, 3.63) is 69.6 Å². The van der Waals surface area contributed by atoms with E-state index < -0.39 is 11.0 Å². The topological polar surface area (TPSA) is 94.4 Å². The molecule has 0 bridgehead atoms. The van der Waals surface area contributed by atoms with Crippen LogP contribution in [-0.4, -0.2) is 21.9 Å². The lowest BCUT2D eigenvalue weighted by Crippen LogP contribution is -2.30. The maximum absolute atomic E-state index is 12.3. The quantitative estimate of drug-likeness (QED) is 0.502. The molecule has 1 N–H and O–H groups in total. The molecule has 1 aromatic heterocycles. The van der Waals surface area contributed by atoms with Crippen molar-refractivity contribution in [2.24, 2.45) is 0 Å². The molecule has 0 saturated heterocycles. The molecule has 1 unspecified atom stereocenters. The van der Waals surface area contributed by atoms with Crippen LogP contribution in [0.3, 0.4) is 0 Å². The Hall–Kier alpha value is -3.26. The Bertz CT molecular complexity index is 986. The summed E-state index contributed by atoms with van der Waals surface area (Å²) in [5, 5.41) is 15.8. The summed E-state index contributed by atoms with van der Waals surface area (Å²) in [5.74, 6) is 0.297. The number of amides is 1. The number of aryl methyl sites for hydroxylation is 1. The van der Waals surface area contributed by atoms with Gasteiger partial charge in [-0.1, -0.05) is 24.3 Å². The van der Waals surface area contributed by atoms with Crippen LogP contribution in [0.1, 0.15) is 12.5 Å². The molecule has 7 nitrogen and oxygen atoms in total. The number of aromatic nitrogens is 1. The number of ether oxygens (including phenoxy) is 1. The minimum absolute atomic E-state index is 0.00809. The first-order valence-electron chi connectivity index (χ1n) is 8.17. The molecule has 0 aliphatic rings. The maximum Gasteiger partial charge on any atom is 0.270 e. The zero-order chi connectivity index (χ0) is 19.4. The molecule has 1 atom stereocenters. The molecule has 0 aliphatic carbocycles. The van der Waals surface area contributed by atoms with E-state index in [4.69, 9.17) is 4.74 Å². The first kappa shape index (κ1) is 18.5. The lowest BCUT2D eigenvalue weighted by Gasteiger charge is -2.14. The van der Waals surface area contributed by atoms with Crippen LogP contribution < -0.4 is 10.1 Å². The molecule has 0 spiro atoms. The minimum atomic E-state index is -0.697. The highest BCUT2D eigenvalue weighted by Gasteiger charge is 2.17. The number of carbonyl (C=O) groups excluding carboxylic acids is 1. The van der Waals surface area contributed by atoms with Gasteiger partial charge in [-0.3, -0.25) is 20.2 Å². The molecule has 0 radical (unpaired) electrons.